The van der Waals surface area contributed by atoms with Gasteiger partial charge in [0, 0.05) is 24.4 Å². The summed E-state index contributed by atoms with van der Waals surface area (Å²) < 4.78 is 5.38. The number of nitrogens with zero attached hydrogens (tertiary/aromatic N) is 1. The summed E-state index contributed by atoms with van der Waals surface area (Å²) in [5.41, 5.74) is 2.22. The van der Waals surface area contributed by atoms with Crippen molar-refractivity contribution >= 4 is 11.4 Å². The molecule has 1 N–H and O–H groups in total. The highest BCUT2D eigenvalue weighted by Gasteiger charge is 2.03. The van der Waals surface area contributed by atoms with E-state index in [1.54, 1.807) is 12.1 Å². The molecule has 0 saturated heterocycles. The fourth-order valence-corrected chi connectivity index (χ4v) is 1.97. The summed E-state index contributed by atoms with van der Waals surface area (Å²) in [5, 5.41) is 13.9. The molecule has 0 bridgehead atoms. The molecule has 0 atom stereocenters. The van der Waals surface area contributed by atoms with Gasteiger partial charge in [0.1, 0.15) is 5.75 Å². The van der Waals surface area contributed by atoms with Gasteiger partial charge in [0.2, 0.25) is 0 Å². The quantitative estimate of drug-likeness (QED) is 0.623. The van der Waals surface area contributed by atoms with Gasteiger partial charge in [-0.15, -0.1) is 0 Å². The summed E-state index contributed by atoms with van der Waals surface area (Å²) >= 11 is 0. The van der Waals surface area contributed by atoms with Crippen LogP contribution in [0.25, 0.3) is 0 Å². The van der Waals surface area contributed by atoms with Crippen LogP contribution in [0.15, 0.2) is 48.5 Å². The average molecular weight is 286 g/mol. The zero-order chi connectivity index (χ0) is 15.1. The summed E-state index contributed by atoms with van der Waals surface area (Å²) in [6, 6.07) is 14.4. The first kappa shape index (κ1) is 14.8. The van der Waals surface area contributed by atoms with Gasteiger partial charge in [0.25, 0.3) is 5.69 Å². The zero-order valence-electron chi connectivity index (χ0n) is 11.9. The van der Waals surface area contributed by atoms with Crippen LogP contribution in [0.4, 0.5) is 11.4 Å². The van der Waals surface area contributed by atoms with Crippen molar-refractivity contribution in [3.8, 4) is 5.75 Å². The lowest BCUT2D eigenvalue weighted by Gasteiger charge is -2.08. The molecule has 21 heavy (non-hydrogen) atoms. The van der Waals surface area contributed by atoms with Crippen LogP contribution in [0.1, 0.15) is 12.5 Å². The number of non-ortho nitro benzene ring substituents is 1. The molecule has 0 aliphatic rings. The number of nitro groups is 1. The van der Waals surface area contributed by atoms with Crippen LogP contribution in [-0.2, 0) is 6.42 Å². The molecule has 0 saturated carbocycles. The summed E-state index contributed by atoms with van der Waals surface area (Å²) in [6.45, 7) is 3.38. The lowest BCUT2D eigenvalue weighted by molar-refractivity contribution is -0.384. The zero-order valence-corrected chi connectivity index (χ0v) is 11.9. The highest BCUT2D eigenvalue weighted by atomic mass is 16.6. The van der Waals surface area contributed by atoms with E-state index in [4.69, 9.17) is 4.74 Å². The van der Waals surface area contributed by atoms with Crippen molar-refractivity contribution in [3.05, 3.63) is 64.2 Å². The highest BCUT2D eigenvalue weighted by Crippen LogP contribution is 2.16. The van der Waals surface area contributed by atoms with Crippen LogP contribution in [-0.4, -0.2) is 18.1 Å². The number of rotatable bonds is 7. The van der Waals surface area contributed by atoms with Crippen molar-refractivity contribution in [2.24, 2.45) is 0 Å². The smallest absolute Gasteiger partial charge is 0.269 e. The van der Waals surface area contributed by atoms with Gasteiger partial charge in [0.05, 0.1) is 11.5 Å². The van der Waals surface area contributed by atoms with Gasteiger partial charge in [-0.1, -0.05) is 12.1 Å². The van der Waals surface area contributed by atoms with Crippen LogP contribution >= 0.6 is 0 Å². The normalized spacial score (nSPS) is 10.1. The predicted molar refractivity (Wildman–Crippen MR) is 82.9 cm³/mol. The van der Waals surface area contributed by atoms with Crippen LogP contribution < -0.4 is 10.1 Å². The Hall–Kier alpha value is -2.56. The predicted octanol–water partition coefficient (Wildman–Crippen LogP) is 3.65. The van der Waals surface area contributed by atoms with Crippen molar-refractivity contribution in [3.63, 3.8) is 0 Å². The number of hydrogen-bond donors (Lipinski definition) is 1. The third-order valence-corrected chi connectivity index (χ3v) is 3.06. The average Bonchev–Trinajstić information content (AvgIpc) is 2.50. The fourth-order valence-electron chi connectivity index (χ4n) is 1.97. The molecule has 0 unspecified atom stereocenters. The van der Waals surface area contributed by atoms with E-state index < -0.39 is 0 Å². The molecule has 0 radical (unpaired) electrons. The molecule has 5 nitrogen and oxygen atoms in total. The molecule has 0 aromatic heterocycles. The van der Waals surface area contributed by atoms with E-state index >= 15 is 0 Å². The van der Waals surface area contributed by atoms with Gasteiger partial charge >= 0.3 is 0 Å². The van der Waals surface area contributed by atoms with E-state index in [-0.39, 0.29) is 10.6 Å². The molecular formula is C16H18N2O3. The van der Waals surface area contributed by atoms with Crippen LogP contribution in [0, 0.1) is 10.1 Å². The molecule has 0 fully saturated rings. The second-order valence-corrected chi connectivity index (χ2v) is 4.56. The number of ether oxygens (including phenoxy) is 1. The highest BCUT2D eigenvalue weighted by molar-refractivity contribution is 5.46. The SMILES string of the molecule is CCOc1ccc(NCCc2ccc([N+](=O)[O-])cc2)cc1. The molecule has 5 heteroatoms. The van der Waals surface area contributed by atoms with Crippen LogP contribution in [0.2, 0.25) is 0 Å². The summed E-state index contributed by atoms with van der Waals surface area (Å²) in [5.74, 6) is 0.860. The van der Waals surface area contributed by atoms with E-state index in [9.17, 15) is 10.1 Å². The lowest BCUT2D eigenvalue weighted by atomic mass is 10.1. The fraction of sp³-hybridized carbons (Fsp3) is 0.250. The summed E-state index contributed by atoms with van der Waals surface area (Å²) in [6.07, 6.45) is 0.811. The lowest BCUT2D eigenvalue weighted by Crippen LogP contribution is -2.04. The van der Waals surface area contributed by atoms with E-state index in [1.165, 1.54) is 12.1 Å². The molecule has 2 rings (SSSR count). The minimum absolute atomic E-state index is 0.123. The Morgan fingerprint density at radius 3 is 2.33 bits per heavy atom. The Morgan fingerprint density at radius 1 is 1.10 bits per heavy atom. The topological polar surface area (TPSA) is 64.4 Å². The number of hydrogen-bond acceptors (Lipinski definition) is 4. The number of nitro benzene ring substituents is 1. The van der Waals surface area contributed by atoms with E-state index in [0.29, 0.717) is 6.61 Å². The molecule has 0 heterocycles. The Kier molecular flexibility index (Phi) is 5.15. The number of anilines is 1. The number of nitrogens with one attached hydrogen (secondary N) is 1. The van der Waals surface area contributed by atoms with Crippen molar-refractivity contribution < 1.29 is 9.66 Å². The molecule has 0 spiro atoms. The van der Waals surface area contributed by atoms with Gasteiger partial charge in [-0.3, -0.25) is 10.1 Å². The van der Waals surface area contributed by atoms with Crippen molar-refractivity contribution in [1.82, 2.24) is 0 Å². The third-order valence-electron chi connectivity index (χ3n) is 3.06. The van der Waals surface area contributed by atoms with E-state index in [1.807, 2.05) is 31.2 Å². The minimum atomic E-state index is -0.387. The van der Waals surface area contributed by atoms with Crippen LogP contribution in [0.5, 0.6) is 5.75 Å². The standard InChI is InChI=1S/C16H18N2O3/c1-2-21-16-9-5-14(6-10-16)17-12-11-13-3-7-15(8-4-13)18(19)20/h3-10,17H,2,11-12H2,1H3. The van der Waals surface area contributed by atoms with Crippen molar-refractivity contribution in [2.45, 2.75) is 13.3 Å². The Bertz CT molecular complexity index is 579. The molecule has 0 aliphatic carbocycles. The van der Waals surface area contributed by atoms with Crippen molar-refractivity contribution in [1.29, 1.82) is 0 Å². The minimum Gasteiger partial charge on any atom is -0.494 e. The first-order valence-electron chi connectivity index (χ1n) is 6.89. The molecule has 2 aromatic carbocycles. The van der Waals surface area contributed by atoms with Gasteiger partial charge in [-0.05, 0) is 43.2 Å². The third kappa shape index (κ3) is 4.49. The molecule has 2 aromatic rings. The van der Waals surface area contributed by atoms with E-state index in [2.05, 4.69) is 5.32 Å². The molecule has 110 valence electrons. The Morgan fingerprint density at radius 2 is 1.76 bits per heavy atom. The second kappa shape index (κ2) is 7.28. The summed E-state index contributed by atoms with van der Waals surface area (Å²) in [7, 11) is 0. The maximum absolute atomic E-state index is 10.6. The van der Waals surface area contributed by atoms with Crippen LogP contribution in [0.3, 0.4) is 0 Å². The van der Waals surface area contributed by atoms with Gasteiger partial charge < -0.3 is 10.1 Å². The summed E-state index contributed by atoms with van der Waals surface area (Å²) in [4.78, 5) is 10.2. The van der Waals surface area contributed by atoms with Gasteiger partial charge in [-0.25, -0.2) is 0 Å². The molecule has 0 amide bonds. The second-order valence-electron chi connectivity index (χ2n) is 4.56. The molecule has 0 aliphatic heterocycles. The monoisotopic (exact) mass is 286 g/mol. The first-order chi connectivity index (χ1) is 10.2. The largest absolute Gasteiger partial charge is 0.494 e. The Balaban J connectivity index is 1.82. The van der Waals surface area contributed by atoms with Gasteiger partial charge in [-0.2, -0.15) is 0 Å². The first-order valence-corrected chi connectivity index (χ1v) is 6.89. The van der Waals surface area contributed by atoms with Gasteiger partial charge in [0.15, 0.2) is 0 Å². The van der Waals surface area contributed by atoms with E-state index in [0.717, 1.165) is 30.0 Å². The maximum Gasteiger partial charge on any atom is 0.269 e. The molecular weight excluding hydrogens is 268 g/mol. The maximum atomic E-state index is 10.6. The Labute approximate surface area is 123 Å². The number of benzene rings is 2. The van der Waals surface area contributed by atoms with Crippen molar-refractivity contribution in [2.75, 3.05) is 18.5 Å².